The summed E-state index contributed by atoms with van der Waals surface area (Å²) in [6, 6.07) is 8.88. The Balaban J connectivity index is 2.28. The lowest BCUT2D eigenvalue weighted by Crippen LogP contribution is -2.05. The van der Waals surface area contributed by atoms with Crippen LogP contribution in [0.2, 0.25) is 0 Å². The van der Waals surface area contributed by atoms with E-state index in [1.807, 2.05) is 42.5 Å². The highest BCUT2D eigenvalue weighted by Gasteiger charge is 2.18. The number of benzene rings is 1. The first-order valence-electron chi connectivity index (χ1n) is 4.79. The number of allylic oxidation sites excluding steroid dienone is 2. The van der Waals surface area contributed by atoms with E-state index in [4.69, 9.17) is 4.74 Å². The Morgan fingerprint density at radius 1 is 1.27 bits per heavy atom. The van der Waals surface area contributed by atoms with Crippen LogP contribution in [0, 0.1) is 4.91 Å². The maximum absolute atomic E-state index is 10.8. The molecule has 3 nitrogen and oxygen atoms in total. The molecule has 0 spiro atoms. The number of hydrogen-bond donors (Lipinski definition) is 0. The zero-order valence-corrected chi connectivity index (χ0v) is 8.17. The van der Waals surface area contributed by atoms with Gasteiger partial charge in [-0.1, -0.05) is 41.6 Å². The van der Waals surface area contributed by atoms with E-state index in [0.717, 1.165) is 5.56 Å². The summed E-state index contributed by atoms with van der Waals surface area (Å²) in [4.78, 5) is 10.8. The fourth-order valence-electron chi connectivity index (χ4n) is 1.49. The van der Waals surface area contributed by atoms with Gasteiger partial charge in [-0.05, 0) is 17.7 Å². The Hall–Kier alpha value is -1.90. The fraction of sp³-hybridized carbons (Fsp3) is 0.167. The van der Waals surface area contributed by atoms with Crippen molar-refractivity contribution in [2.75, 3.05) is 6.61 Å². The average Bonchev–Trinajstić information content (AvgIpc) is 2.33. The van der Waals surface area contributed by atoms with E-state index in [-0.39, 0.29) is 0 Å². The van der Waals surface area contributed by atoms with Gasteiger partial charge in [0.2, 0.25) is 0 Å². The third-order valence-electron chi connectivity index (χ3n) is 2.23. The Morgan fingerprint density at radius 3 is 2.67 bits per heavy atom. The van der Waals surface area contributed by atoms with E-state index < -0.39 is 6.04 Å². The minimum atomic E-state index is -0.531. The van der Waals surface area contributed by atoms with Crippen molar-refractivity contribution in [3.8, 4) is 0 Å². The molecule has 1 aliphatic heterocycles. The SMILES string of the molecule is O=NC(C1=CC=CCO1)c1ccccc1. The summed E-state index contributed by atoms with van der Waals surface area (Å²) in [6.07, 6.45) is 5.54. The Kier molecular flexibility index (Phi) is 2.93. The molecule has 0 fully saturated rings. The van der Waals surface area contributed by atoms with Gasteiger partial charge >= 0.3 is 0 Å². The second-order valence-corrected chi connectivity index (χ2v) is 3.23. The van der Waals surface area contributed by atoms with Gasteiger partial charge in [0.1, 0.15) is 12.4 Å². The molecule has 0 aromatic heterocycles. The lowest BCUT2D eigenvalue weighted by molar-refractivity contribution is 0.222. The highest BCUT2D eigenvalue weighted by Crippen LogP contribution is 2.27. The number of hydrogen-bond acceptors (Lipinski definition) is 3. The second-order valence-electron chi connectivity index (χ2n) is 3.23. The summed E-state index contributed by atoms with van der Waals surface area (Å²) in [5.74, 6) is 0.610. The number of nitroso groups, excluding NO2 is 1. The summed E-state index contributed by atoms with van der Waals surface area (Å²) in [5.41, 5.74) is 0.856. The third kappa shape index (κ3) is 2.13. The van der Waals surface area contributed by atoms with Gasteiger partial charge in [-0.2, -0.15) is 0 Å². The van der Waals surface area contributed by atoms with E-state index >= 15 is 0 Å². The molecule has 0 bridgehead atoms. The van der Waals surface area contributed by atoms with Crippen LogP contribution in [0.3, 0.4) is 0 Å². The number of nitrogens with zero attached hydrogens (tertiary/aromatic N) is 1. The molecular weight excluding hydrogens is 190 g/mol. The Labute approximate surface area is 88.0 Å². The maximum atomic E-state index is 10.8. The van der Waals surface area contributed by atoms with E-state index in [9.17, 15) is 4.91 Å². The topological polar surface area (TPSA) is 38.7 Å². The first kappa shape index (κ1) is 9.65. The first-order valence-corrected chi connectivity index (χ1v) is 4.79. The van der Waals surface area contributed by atoms with E-state index in [1.165, 1.54) is 0 Å². The summed E-state index contributed by atoms with van der Waals surface area (Å²) in [5, 5.41) is 3.10. The minimum Gasteiger partial charge on any atom is -0.491 e. The normalized spacial score (nSPS) is 16.4. The maximum Gasteiger partial charge on any atom is 0.174 e. The van der Waals surface area contributed by atoms with Crippen LogP contribution < -0.4 is 0 Å². The largest absolute Gasteiger partial charge is 0.491 e. The van der Waals surface area contributed by atoms with Gasteiger partial charge < -0.3 is 4.74 Å². The highest BCUT2D eigenvalue weighted by molar-refractivity contribution is 5.28. The predicted octanol–water partition coefficient (Wildman–Crippen LogP) is 2.96. The van der Waals surface area contributed by atoms with Crippen molar-refractivity contribution < 1.29 is 4.74 Å². The number of rotatable bonds is 3. The van der Waals surface area contributed by atoms with Gasteiger partial charge in [0.15, 0.2) is 6.04 Å². The summed E-state index contributed by atoms with van der Waals surface area (Å²) >= 11 is 0. The van der Waals surface area contributed by atoms with Crippen LogP contribution >= 0.6 is 0 Å². The van der Waals surface area contributed by atoms with E-state index in [1.54, 1.807) is 6.08 Å². The van der Waals surface area contributed by atoms with Gasteiger partial charge in [-0.3, -0.25) is 0 Å². The van der Waals surface area contributed by atoms with Crippen molar-refractivity contribution in [1.29, 1.82) is 0 Å². The predicted molar refractivity (Wildman–Crippen MR) is 58.2 cm³/mol. The van der Waals surface area contributed by atoms with Gasteiger partial charge in [-0.15, -0.1) is 4.91 Å². The molecule has 1 heterocycles. The van der Waals surface area contributed by atoms with Gasteiger partial charge in [-0.25, -0.2) is 0 Å². The molecule has 76 valence electrons. The smallest absolute Gasteiger partial charge is 0.174 e. The molecule has 1 atom stereocenters. The molecule has 0 radical (unpaired) electrons. The van der Waals surface area contributed by atoms with Crippen LogP contribution in [0.5, 0.6) is 0 Å². The number of ether oxygens (including phenoxy) is 1. The highest BCUT2D eigenvalue weighted by atomic mass is 16.5. The van der Waals surface area contributed by atoms with Crippen LogP contribution in [0.1, 0.15) is 11.6 Å². The molecule has 0 saturated heterocycles. The van der Waals surface area contributed by atoms with Crippen molar-refractivity contribution in [2.45, 2.75) is 6.04 Å². The van der Waals surface area contributed by atoms with Crippen LogP contribution in [0.4, 0.5) is 0 Å². The molecule has 0 amide bonds. The Bertz CT molecular complexity index is 395. The average molecular weight is 201 g/mol. The quantitative estimate of drug-likeness (QED) is 0.705. The van der Waals surface area contributed by atoms with Crippen LogP contribution in [0.25, 0.3) is 0 Å². The standard InChI is InChI=1S/C12H11NO2/c14-13-12(10-6-2-1-3-7-10)11-8-4-5-9-15-11/h1-8,12H,9H2. The van der Waals surface area contributed by atoms with E-state index in [0.29, 0.717) is 12.4 Å². The monoisotopic (exact) mass is 201 g/mol. The fourth-order valence-corrected chi connectivity index (χ4v) is 1.49. The summed E-state index contributed by atoms with van der Waals surface area (Å²) in [6.45, 7) is 0.505. The molecule has 0 N–H and O–H groups in total. The zero-order chi connectivity index (χ0) is 10.5. The van der Waals surface area contributed by atoms with Crippen LogP contribution in [-0.4, -0.2) is 6.61 Å². The lowest BCUT2D eigenvalue weighted by Gasteiger charge is -2.16. The van der Waals surface area contributed by atoms with Gasteiger partial charge in [0, 0.05) is 0 Å². The second kappa shape index (κ2) is 4.55. The van der Waals surface area contributed by atoms with Crippen molar-refractivity contribution in [3.05, 3.63) is 64.8 Å². The third-order valence-corrected chi connectivity index (χ3v) is 2.23. The molecule has 2 rings (SSSR count). The molecule has 0 aliphatic carbocycles. The molecule has 1 aromatic rings. The molecule has 3 heteroatoms. The zero-order valence-electron chi connectivity index (χ0n) is 8.17. The van der Waals surface area contributed by atoms with Crippen molar-refractivity contribution >= 4 is 0 Å². The molecule has 1 aliphatic rings. The lowest BCUT2D eigenvalue weighted by atomic mass is 10.1. The minimum absolute atomic E-state index is 0.505. The molecule has 15 heavy (non-hydrogen) atoms. The van der Waals surface area contributed by atoms with Crippen LogP contribution in [-0.2, 0) is 4.74 Å². The Morgan fingerprint density at radius 2 is 2.07 bits per heavy atom. The molecular formula is C12H11NO2. The molecule has 1 aromatic carbocycles. The summed E-state index contributed by atoms with van der Waals surface area (Å²) in [7, 11) is 0. The summed E-state index contributed by atoms with van der Waals surface area (Å²) < 4.78 is 5.37. The van der Waals surface area contributed by atoms with Crippen molar-refractivity contribution in [3.63, 3.8) is 0 Å². The van der Waals surface area contributed by atoms with Gasteiger partial charge in [0.05, 0.1) is 0 Å². The molecule has 0 saturated carbocycles. The van der Waals surface area contributed by atoms with E-state index in [2.05, 4.69) is 5.18 Å². The van der Waals surface area contributed by atoms with Crippen LogP contribution in [0.15, 0.2) is 59.5 Å². The van der Waals surface area contributed by atoms with Gasteiger partial charge in [0.25, 0.3) is 0 Å². The first-order chi connectivity index (χ1) is 7.42. The van der Waals surface area contributed by atoms with Crippen molar-refractivity contribution in [1.82, 2.24) is 0 Å². The van der Waals surface area contributed by atoms with Crippen molar-refractivity contribution in [2.24, 2.45) is 5.18 Å². The molecule has 1 unspecified atom stereocenters.